The minimum atomic E-state index is -5.30. The predicted molar refractivity (Wildman–Crippen MR) is 199 cm³/mol. The van der Waals surface area contributed by atoms with Crippen LogP contribution in [0.15, 0.2) is 0 Å². The maximum Gasteiger partial charge on any atom is 0.472 e. The van der Waals surface area contributed by atoms with Gasteiger partial charge in [0.05, 0.1) is 6.61 Å². The van der Waals surface area contributed by atoms with E-state index in [0.29, 0.717) is 12.8 Å². The van der Waals surface area contributed by atoms with Gasteiger partial charge in [-0.15, -0.1) is 0 Å². The maximum absolute atomic E-state index is 12.8. The molecule has 7 N–H and O–H groups in total. The van der Waals surface area contributed by atoms with Crippen molar-refractivity contribution in [3.05, 3.63) is 0 Å². The SMILES string of the molecule is CCCCCCCCCCCCCCCC(=O)O[C@@H](COC(=O)CCCCCCCCS)COP(=O)(O)OC1C(O)[C@@H](O)C(OP(=O)(O)O)[C@@H](O)[C@H]1O. The van der Waals surface area contributed by atoms with Gasteiger partial charge in [0.2, 0.25) is 0 Å². The molecule has 0 saturated heterocycles. The summed E-state index contributed by atoms with van der Waals surface area (Å²) in [6, 6.07) is 0. The second-order valence-electron chi connectivity index (χ2n) is 13.7. The summed E-state index contributed by atoms with van der Waals surface area (Å²) in [5.74, 6) is -0.383. The van der Waals surface area contributed by atoms with Crippen LogP contribution in [0.3, 0.4) is 0 Å². The van der Waals surface area contributed by atoms with Crippen LogP contribution in [0.5, 0.6) is 0 Å². The molecule has 1 aliphatic carbocycles. The number of unbranched alkanes of at least 4 members (excludes halogenated alkanes) is 17. The van der Waals surface area contributed by atoms with Crippen LogP contribution in [-0.2, 0) is 41.8 Å². The average molecular weight is 825 g/mol. The predicted octanol–water partition coefficient (Wildman–Crippen LogP) is 5.02. The van der Waals surface area contributed by atoms with Gasteiger partial charge in [-0.3, -0.25) is 23.2 Å². The van der Waals surface area contributed by atoms with Crippen LogP contribution in [0.4, 0.5) is 0 Å². The summed E-state index contributed by atoms with van der Waals surface area (Å²) in [5.41, 5.74) is 0. The quantitative estimate of drug-likeness (QED) is 0.0192. The molecule has 314 valence electrons. The zero-order valence-corrected chi connectivity index (χ0v) is 33.8. The van der Waals surface area contributed by atoms with Gasteiger partial charge < -0.3 is 44.6 Å². The lowest BCUT2D eigenvalue weighted by Crippen LogP contribution is -2.64. The molecule has 0 aromatic rings. The fraction of sp³-hybridized carbons (Fsp3) is 0.941. The number of carbonyl (C=O) groups excluding carboxylic acids is 2. The fourth-order valence-corrected chi connectivity index (χ4v) is 7.71. The Morgan fingerprint density at radius 3 is 1.42 bits per heavy atom. The van der Waals surface area contributed by atoms with Crippen molar-refractivity contribution in [3.8, 4) is 0 Å². The Balaban J connectivity index is 2.65. The van der Waals surface area contributed by atoms with E-state index in [-0.39, 0.29) is 12.8 Å². The molecule has 0 spiro atoms. The number of phosphoric ester groups is 2. The number of ether oxygens (including phenoxy) is 2. The molecule has 8 atom stereocenters. The van der Waals surface area contributed by atoms with Gasteiger partial charge in [0.25, 0.3) is 0 Å². The molecule has 16 nitrogen and oxygen atoms in total. The Hall–Kier alpha value is -0.650. The van der Waals surface area contributed by atoms with E-state index in [2.05, 4.69) is 24.1 Å². The minimum absolute atomic E-state index is 0.0524. The Bertz CT molecular complexity index is 1070. The Morgan fingerprint density at radius 1 is 0.585 bits per heavy atom. The first-order chi connectivity index (χ1) is 25.1. The van der Waals surface area contributed by atoms with Gasteiger partial charge in [0.1, 0.15) is 43.2 Å². The van der Waals surface area contributed by atoms with E-state index in [1.54, 1.807) is 0 Å². The van der Waals surface area contributed by atoms with Crippen molar-refractivity contribution in [2.75, 3.05) is 19.0 Å². The smallest absolute Gasteiger partial charge is 0.462 e. The molecule has 0 aliphatic heterocycles. The molecular formula is C34H66O16P2S. The average Bonchev–Trinajstić information content (AvgIpc) is 3.10. The number of aliphatic hydroxyl groups excluding tert-OH is 4. The lowest BCUT2D eigenvalue weighted by atomic mass is 9.85. The third-order valence-corrected chi connectivity index (χ3v) is 10.8. The number of carbonyl (C=O) groups is 2. The van der Waals surface area contributed by atoms with Crippen LogP contribution < -0.4 is 0 Å². The van der Waals surface area contributed by atoms with E-state index in [4.69, 9.17) is 28.3 Å². The Morgan fingerprint density at radius 2 is 0.981 bits per heavy atom. The molecule has 0 aromatic carbocycles. The van der Waals surface area contributed by atoms with Gasteiger partial charge in [0.15, 0.2) is 6.10 Å². The van der Waals surface area contributed by atoms with E-state index in [1.807, 2.05) is 0 Å². The highest BCUT2D eigenvalue weighted by Gasteiger charge is 2.54. The van der Waals surface area contributed by atoms with Crippen molar-refractivity contribution in [1.29, 1.82) is 0 Å². The molecule has 0 aromatic heterocycles. The minimum Gasteiger partial charge on any atom is -0.462 e. The highest BCUT2D eigenvalue weighted by Crippen LogP contribution is 2.48. The van der Waals surface area contributed by atoms with Crippen LogP contribution in [-0.4, -0.2) is 109 Å². The molecule has 1 aliphatic rings. The number of hydrogen-bond acceptors (Lipinski definition) is 14. The first-order valence-corrected chi connectivity index (χ1v) is 22.9. The third-order valence-electron chi connectivity index (χ3n) is 8.99. The van der Waals surface area contributed by atoms with Crippen LogP contribution in [0.1, 0.15) is 142 Å². The number of rotatable bonds is 32. The maximum atomic E-state index is 12.8. The first-order valence-electron chi connectivity index (χ1n) is 19.2. The summed E-state index contributed by atoms with van der Waals surface area (Å²) in [7, 11) is -10.5. The standard InChI is InChI=1S/C34H66O16P2S/c1-2-3-4-5-6-7-8-9-10-11-12-16-19-22-28(36)48-26(24-46-27(35)21-18-15-13-14-17-20-23-53)25-47-52(44,45)50-34-31(39)29(37)33(30(38)32(34)40)49-51(41,42)43/h26,29-34,37-40,53H,2-25H2,1H3,(H,44,45)(H2,41,42,43)/t26-,29-,30+,31+,32?,33?,34?/m0/s1. The van der Waals surface area contributed by atoms with Crippen LogP contribution in [0, 0.1) is 0 Å². The van der Waals surface area contributed by atoms with Crippen molar-refractivity contribution in [3.63, 3.8) is 0 Å². The monoisotopic (exact) mass is 824 g/mol. The summed E-state index contributed by atoms with van der Waals surface area (Å²) >= 11 is 4.19. The van der Waals surface area contributed by atoms with Crippen molar-refractivity contribution in [2.24, 2.45) is 0 Å². The third kappa shape index (κ3) is 23.9. The van der Waals surface area contributed by atoms with Crippen molar-refractivity contribution >= 4 is 40.2 Å². The van der Waals surface area contributed by atoms with Gasteiger partial charge in [-0.25, -0.2) is 9.13 Å². The second-order valence-corrected chi connectivity index (χ2v) is 16.8. The van der Waals surface area contributed by atoms with E-state index >= 15 is 0 Å². The lowest BCUT2D eigenvalue weighted by Gasteiger charge is -2.43. The molecule has 0 bridgehead atoms. The normalized spacial score (nSPS) is 23.7. The largest absolute Gasteiger partial charge is 0.472 e. The summed E-state index contributed by atoms with van der Waals surface area (Å²) < 4.78 is 48.7. The van der Waals surface area contributed by atoms with Crippen molar-refractivity contribution in [1.82, 2.24) is 0 Å². The molecule has 53 heavy (non-hydrogen) atoms. The summed E-state index contributed by atoms with van der Waals surface area (Å²) in [4.78, 5) is 53.5. The zero-order chi connectivity index (χ0) is 39.7. The number of esters is 2. The van der Waals surface area contributed by atoms with E-state index < -0.39 is 83.5 Å². The number of hydrogen-bond donors (Lipinski definition) is 8. The fourth-order valence-electron chi connectivity index (χ4n) is 5.95. The molecule has 19 heteroatoms. The topological polar surface area (TPSA) is 256 Å². The van der Waals surface area contributed by atoms with E-state index in [1.165, 1.54) is 51.4 Å². The van der Waals surface area contributed by atoms with Gasteiger partial charge in [-0.2, -0.15) is 12.6 Å². The molecule has 1 saturated carbocycles. The summed E-state index contributed by atoms with van der Waals surface area (Å²) in [6.45, 7) is 0.892. The summed E-state index contributed by atoms with van der Waals surface area (Å²) in [5, 5.41) is 41.2. The molecule has 4 unspecified atom stereocenters. The summed E-state index contributed by atoms with van der Waals surface area (Å²) in [6.07, 6.45) is 5.53. The molecule has 0 heterocycles. The van der Waals surface area contributed by atoms with Gasteiger partial charge >= 0.3 is 27.6 Å². The van der Waals surface area contributed by atoms with Crippen LogP contribution in [0.2, 0.25) is 0 Å². The zero-order valence-electron chi connectivity index (χ0n) is 31.2. The molecule has 0 amide bonds. The van der Waals surface area contributed by atoms with Crippen LogP contribution in [0.25, 0.3) is 0 Å². The molecular weight excluding hydrogens is 758 g/mol. The van der Waals surface area contributed by atoms with E-state index in [9.17, 15) is 44.0 Å². The Kier molecular flexibility index (Phi) is 27.3. The lowest BCUT2D eigenvalue weighted by molar-refractivity contribution is -0.216. The highest BCUT2D eigenvalue weighted by molar-refractivity contribution is 7.80. The molecule has 0 radical (unpaired) electrons. The highest BCUT2D eigenvalue weighted by atomic mass is 32.1. The second kappa shape index (κ2) is 28.7. The number of aliphatic hydroxyl groups is 4. The Labute approximate surface area is 319 Å². The number of phosphoric acid groups is 2. The van der Waals surface area contributed by atoms with E-state index in [0.717, 1.165) is 63.5 Å². The van der Waals surface area contributed by atoms with Crippen molar-refractivity contribution in [2.45, 2.75) is 184 Å². The molecule has 1 rings (SSSR count). The molecule has 1 fully saturated rings. The van der Waals surface area contributed by atoms with Crippen LogP contribution >= 0.6 is 28.3 Å². The number of thiol groups is 1. The first kappa shape index (κ1) is 50.4. The van der Waals surface area contributed by atoms with Crippen molar-refractivity contribution < 1.29 is 76.9 Å². The van der Waals surface area contributed by atoms with Gasteiger partial charge in [0, 0.05) is 12.8 Å². The van der Waals surface area contributed by atoms with Gasteiger partial charge in [-0.1, -0.05) is 110 Å². The van der Waals surface area contributed by atoms with Gasteiger partial charge in [-0.05, 0) is 25.0 Å².